The molecule has 148 valence electrons. The van der Waals surface area contributed by atoms with Gasteiger partial charge in [-0.2, -0.15) is 0 Å². The van der Waals surface area contributed by atoms with Crippen LogP contribution in [0.1, 0.15) is 11.3 Å². The van der Waals surface area contributed by atoms with Gasteiger partial charge in [-0.15, -0.1) is 0 Å². The third kappa shape index (κ3) is 3.93. The van der Waals surface area contributed by atoms with Crippen LogP contribution in [0.4, 0.5) is 17.3 Å². The Morgan fingerprint density at radius 2 is 1.66 bits per heavy atom. The van der Waals surface area contributed by atoms with Crippen molar-refractivity contribution in [1.82, 2.24) is 19.9 Å². The van der Waals surface area contributed by atoms with Crippen LogP contribution in [0.5, 0.6) is 0 Å². The topological polar surface area (TPSA) is 48.4 Å². The fourth-order valence-corrected chi connectivity index (χ4v) is 4.18. The minimum atomic E-state index is 0.882. The van der Waals surface area contributed by atoms with E-state index in [1.54, 1.807) is 0 Å². The molecule has 1 fully saturated rings. The molecule has 29 heavy (non-hydrogen) atoms. The Morgan fingerprint density at radius 3 is 2.45 bits per heavy atom. The summed E-state index contributed by atoms with van der Waals surface area (Å²) in [4.78, 5) is 20.9. The van der Waals surface area contributed by atoms with Crippen LogP contribution in [0.2, 0.25) is 0 Å². The SMILES string of the molecule is c1ccc(N2CCc3nc(N4CCN(CCc5ccncc5)CC4)ncc32)cc1. The molecule has 0 spiro atoms. The number of rotatable bonds is 5. The second-order valence-corrected chi connectivity index (χ2v) is 7.67. The fourth-order valence-electron chi connectivity index (χ4n) is 4.18. The Morgan fingerprint density at radius 1 is 0.862 bits per heavy atom. The summed E-state index contributed by atoms with van der Waals surface area (Å²) in [6.07, 6.45) is 7.81. The quantitative estimate of drug-likeness (QED) is 0.672. The maximum atomic E-state index is 4.92. The molecule has 0 unspecified atom stereocenters. The predicted octanol–water partition coefficient (Wildman–Crippen LogP) is 2.93. The van der Waals surface area contributed by atoms with E-state index in [0.717, 1.165) is 63.7 Å². The summed E-state index contributed by atoms with van der Waals surface area (Å²) < 4.78 is 0. The van der Waals surface area contributed by atoms with E-state index in [9.17, 15) is 0 Å². The molecule has 5 rings (SSSR count). The maximum absolute atomic E-state index is 4.92. The van der Waals surface area contributed by atoms with Crippen molar-refractivity contribution in [3.63, 3.8) is 0 Å². The van der Waals surface area contributed by atoms with Crippen LogP contribution < -0.4 is 9.80 Å². The molecule has 0 bridgehead atoms. The van der Waals surface area contributed by atoms with Gasteiger partial charge in [0, 0.05) is 63.8 Å². The molecule has 2 aliphatic heterocycles. The summed E-state index contributed by atoms with van der Waals surface area (Å²) in [5.74, 6) is 0.882. The van der Waals surface area contributed by atoms with Gasteiger partial charge in [0.1, 0.15) is 0 Å². The van der Waals surface area contributed by atoms with Gasteiger partial charge in [-0.1, -0.05) is 18.2 Å². The van der Waals surface area contributed by atoms with Crippen LogP contribution in [0.25, 0.3) is 0 Å². The zero-order valence-electron chi connectivity index (χ0n) is 16.6. The van der Waals surface area contributed by atoms with Crippen LogP contribution in [0.15, 0.2) is 61.1 Å². The second-order valence-electron chi connectivity index (χ2n) is 7.67. The van der Waals surface area contributed by atoms with Crippen LogP contribution in [0.3, 0.4) is 0 Å². The maximum Gasteiger partial charge on any atom is 0.225 e. The number of para-hydroxylation sites is 1. The molecule has 2 aromatic heterocycles. The Kier molecular flexibility index (Phi) is 5.09. The van der Waals surface area contributed by atoms with Gasteiger partial charge in [0.2, 0.25) is 5.95 Å². The minimum absolute atomic E-state index is 0.882. The fraction of sp³-hybridized carbons (Fsp3) is 0.348. The standard InChI is InChI=1S/C23H26N6/c1-2-4-20(5-3-1)29-13-9-21-22(29)18-25-23(26-21)28-16-14-27(15-17-28)12-8-19-6-10-24-11-7-19/h1-7,10-11,18H,8-9,12-17H2. The van der Waals surface area contributed by atoms with Gasteiger partial charge in [0.25, 0.3) is 0 Å². The van der Waals surface area contributed by atoms with E-state index in [4.69, 9.17) is 9.97 Å². The first kappa shape index (κ1) is 18.1. The van der Waals surface area contributed by atoms with Crippen LogP contribution in [-0.2, 0) is 12.8 Å². The molecule has 6 heteroatoms. The van der Waals surface area contributed by atoms with E-state index >= 15 is 0 Å². The van der Waals surface area contributed by atoms with Crippen molar-refractivity contribution in [2.24, 2.45) is 0 Å². The summed E-state index contributed by atoms with van der Waals surface area (Å²) in [5.41, 5.74) is 4.88. The number of hydrogen-bond donors (Lipinski definition) is 0. The average molecular weight is 387 g/mol. The molecule has 2 aliphatic rings. The number of pyridine rings is 1. The van der Waals surface area contributed by atoms with Gasteiger partial charge in [-0.05, 0) is 36.2 Å². The van der Waals surface area contributed by atoms with E-state index in [2.05, 4.69) is 62.1 Å². The summed E-state index contributed by atoms with van der Waals surface area (Å²) in [5, 5.41) is 0. The normalized spacial score (nSPS) is 16.8. The lowest BCUT2D eigenvalue weighted by Crippen LogP contribution is -2.47. The second kappa shape index (κ2) is 8.17. The van der Waals surface area contributed by atoms with Crippen LogP contribution in [-0.4, -0.2) is 59.1 Å². The lowest BCUT2D eigenvalue weighted by atomic mass is 10.2. The highest BCUT2D eigenvalue weighted by Crippen LogP contribution is 2.33. The van der Waals surface area contributed by atoms with Crippen molar-refractivity contribution < 1.29 is 0 Å². The monoisotopic (exact) mass is 386 g/mol. The van der Waals surface area contributed by atoms with E-state index in [1.807, 2.05) is 18.6 Å². The van der Waals surface area contributed by atoms with Crippen molar-refractivity contribution in [2.45, 2.75) is 12.8 Å². The molecule has 1 saturated heterocycles. The van der Waals surface area contributed by atoms with Crippen molar-refractivity contribution in [3.05, 3.63) is 72.3 Å². The highest BCUT2D eigenvalue weighted by Gasteiger charge is 2.25. The molecule has 1 aromatic carbocycles. The molecule has 0 atom stereocenters. The molecular formula is C23H26N6. The van der Waals surface area contributed by atoms with Crippen molar-refractivity contribution in [2.75, 3.05) is 49.1 Å². The Bertz CT molecular complexity index is 938. The molecule has 3 aromatic rings. The molecule has 6 nitrogen and oxygen atoms in total. The van der Waals surface area contributed by atoms with Crippen LogP contribution >= 0.6 is 0 Å². The minimum Gasteiger partial charge on any atom is -0.338 e. The Hall–Kier alpha value is -2.99. The average Bonchev–Trinajstić information content (AvgIpc) is 3.23. The summed E-state index contributed by atoms with van der Waals surface area (Å²) in [7, 11) is 0. The first-order valence-corrected chi connectivity index (χ1v) is 10.4. The number of nitrogens with zero attached hydrogens (tertiary/aromatic N) is 6. The lowest BCUT2D eigenvalue weighted by Gasteiger charge is -2.34. The summed E-state index contributed by atoms with van der Waals surface area (Å²) in [6.45, 7) is 6.15. The van der Waals surface area contributed by atoms with Crippen molar-refractivity contribution in [3.8, 4) is 0 Å². The third-order valence-electron chi connectivity index (χ3n) is 5.89. The van der Waals surface area contributed by atoms with Gasteiger partial charge >= 0.3 is 0 Å². The molecule has 4 heterocycles. The van der Waals surface area contributed by atoms with Crippen molar-refractivity contribution in [1.29, 1.82) is 0 Å². The highest BCUT2D eigenvalue weighted by molar-refractivity contribution is 5.68. The van der Waals surface area contributed by atoms with Gasteiger partial charge in [-0.3, -0.25) is 9.88 Å². The van der Waals surface area contributed by atoms with E-state index < -0.39 is 0 Å². The first-order chi connectivity index (χ1) is 14.4. The molecular weight excluding hydrogens is 360 g/mol. The Labute approximate surface area is 171 Å². The first-order valence-electron chi connectivity index (χ1n) is 10.4. The number of fused-ring (bicyclic) bond motifs is 1. The number of piperazine rings is 1. The largest absolute Gasteiger partial charge is 0.338 e. The number of hydrogen-bond acceptors (Lipinski definition) is 6. The predicted molar refractivity (Wildman–Crippen MR) is 116 cm³/mol. The Balaban J connectivity index is 1.20. The van der Waals surface area contributed by atoms with E-state index in [1.165, 1.54) is 16.9 Å². The highest BCUT2D eigenvalue weighted by atomic mass is 15.3. The van der Waals surface area contributed by atoms with Gasteiger partial charge in [-0.25, -0.2) is 9.97 Å². The number of anilines is 3. The molecule has 0 radical (unpaired) electrons. The summed E-state index contributed by atoms with van der Waals surface area (Å²) in [6, 6.07) is 14.7. The molecule has 0 saturated carbocycles. The lowest BCUT2D eigenvalue weighted by molar-refractivity contribution is 0.259. The molecule has 0 N–H and O–H groups in total. The number of benzene rings is 1. The van der Waals surface area contributed by atoms with Crippen molar-refractivity contribution >= 4 is 17.3 Å². The number of aromatic nitrogens is 3. The van der Waals surface area contributed by atoms with Crippen LogP contribution in [0, 0.1) is 0 Å². The van der Waals surface area contributed by atoms with Gasteiger partial charge in [0.05, 0.1) is 17.6 Å². The third-order valence-corrected chi connectivity index (χ3v) is 5.89. The zero-order valence-corrected chi connectivity index (χ0v) is 16.6. The molecule has 0 aliphatic carbocycles. The van der Waals surface area contributed by atoms with E-state index in [0.29, 0.717) is 0 Å². The zero-order chi connectivity index (χ0) is 19.5. The molecule has 0 amide bonds. The van der Waals surface area contributed by atoms with Gasteiger partial charge in [0.15, 0.2) is 0 Å². The van der Waals surface area contributed by atoms with E-state index in [-0.39, 0.29) is 0 Å². The van der Waals surface area contributed by atoms with Gasteiger partial charge < -0.3 is 9.80 Å². The smallest absolute Gasteiger partial charge is 0.225 e. The summed E-state index contributed by atoms with van der Waals surface area (Å²) >= 11 is 0.